The number of carboxylic acid groups (broad SMARTS) is 1. The zero-order chi connectivity index (χ0) is 31.6. The summed E-state index contributed by atoms with van der Waals surface area (Å²) in [5.41, 5.74) is 4.73. The van der Waals surface area contributed by atoms with E-state index in [0.717, 1.165) is 38.6 Å². The first-order valence-electron chi connectivity index (χ1n) is 14.8. The van der Waals surface area contributed by atoms with Crippen LogP contribution in [0.15, 0.2) is 120 Å². The van der Waals surface area contributed by atoms with Crippen LogP contribution in [0.5, 0.6) is 23.0 Å². The molecule has 2 heterocycles. The van der Waals surface area contributed by atoms with Crippen molar-refractivity contribution in [3.05, 3.63) is 138 Å². The van der Waals surface area contributed by atoms with Gasteiger partial charge < -0.3 is 29.7 Å². The van der Waals surface area contributed by atoms with Gasteiger partial charge in [-0.1, -0.05) is 60.7 Å². The zero-order valence-electron chi connectivity index (χ0n) is 27.3. The van der Waals surface area contributed by atoms with Crippen molar-refractivity contribution < 1.29 is 59.5 Å². The fourth-order valence-corrected chi connectivity index (χ4v) is 5.70. The second kappa shape index (κ2) is 13.8. The minimum atomic E-state index is -1.04. The molecule has 0 saturated carbocycles. The first-order valence-corrected chi connectivity index (χ1v) is 14.8. The molecule has 0 amide bonds. The van der Waals surface area contributed by atoms with E-state index in [9.17, 15) is 9.90 Å². The second-order valence-corrected chi connectivity index (χ2v) is 10.8. The van der Waals surface area contributed by atoms with E-state index in [1.54, 1.807) is 25.3 Å². The van der Waals surface area contributed by atoms with Crippen molar-refractivity contribution in [1.82, 2.24) is 9.55 Å². The van der Waals surface area contributed by atoms with Crippen LogP contribution >= 0.6 is 0 Å². The van der Waals surface area contributed by atoms with E-state index in [4.69, 9.17) is 18.6 Å². The maximum Gasteiger partial charge on any atom is 1.00 e. The number of rotatable bonds is 10. The summed E-state index contributed by atoms with van der Waals surface area (Å²) in [5, 5.41) is 11.6. The Morgan fingerprint density at radius 2 is 1.55 bits per heavy atom. The molecule has 0 saturated heterocycles. The summed E-state index contributed by atoms with van der Waals surface area (Å²) in [6, 6.07) is 36.3. The van der Waals surface area contributed by atoms with Crippen LogP contribution in [0.2, 0.25) is 0 Å². The number of nitrogens with zero attached hydrogens (tertiary/aromatic N) is 2. The molecular weight excluding hydrogens is 603 g/mol. The molecule has 0 unspecified atom stereocenters. The largest absolute Gasteiger partial charge is 1.00 e. The number of benzene rings is 5. The molecule has 2 aromatic heterocycles. The smallest absolute Gasteiger partial charge is 1.00 e. The molecule has 1 N–H and O–H groups in total. The van der Waals surface area contributed by atoms with Crippen LogP contribution < -0.4 is 43.8 Å². The number of para-hydroxylation sites is 2. The molecular formula is C38H31N2NaO6. The van der Waals surface area contributed by atoms with Gasteiger partial charge in [-0.25, -0.2) is 9.78 Å². The van der Waals surface area contributed by atoms with Gasteiger partial charge in [0.25, 0.3) is 0 Å². The van der Waals surface area contributed by atoms with Crippen molar-refractivity contribution in [2.45, 2.75) is 20.1 Å². The molecule has 7 aromatic rings. The molecule has 0 aliphatic carbocycles. The summed E-state index contributed by atoms with van der Waals surface area (Å²) >= 11 is 0. The van der Waals surface area contributed by atoms with E-state index in [1.165, 1.54) is 6.07 Å². The number of hydrogen-bond acceptors (Lipinski definition) is 6. The second-order valence-electron chi connectivity index (χ2n) is 10.8. The van der Waals surface area contributed by atoms with Crippen LogP contribution in [0.3, 0.4) is 0 Å². The van der Waals surface area contributed by atoms with Gasteiger partial charge >= 0.3 is 35.5 Å². The average molecular weight is 635 g/mol. The van der Waals surface area contributed by atoms with Crippen molar-refractivity contribution >= 4 is 27.8 Å². The van der Waals surface area contributed by atoms with Crippen LogP contribution in [-0.4, -0.2) is 27.7 Å². The molecule has 8 nitrogen and oxygen atoms in total. The maximum atomic E-state index is 11.8. The SMILES string of the molecule is COc1cc(Cn2c3ccccc3c3c(Oc4ccccc4C(=O)O)cccc32)ccc1OCc1nc(-c2ccccc2)oc1C.[H-].[Na+]. The Morgan fingerprint density at radius 1 is 0.830 bits per heavy atom. The van der Waals surface area contributed by atoms with Gasteiger partial charge in [0.05, 0.1) is 18.0 Å². The number of aromatic carboxylic acids is 1. The predicted octanol–water partition coefficient (Wildman–Crippen LogP) is 6.00. The topological polar surface area (TPSA) is 96.0 Å². The maximum absolute atomic E-state index is 11.8. The van der Waals surface area contributed by atoms with Crippen LogP contribution in [0, 0.1) is 6.92 Å². The average Bonchev–Trinajstić information content (AvgIpc) is 3.62. The number of aryl methyl sites for hydroxylation is 1. The van der Waals surface area contributed by atoms with Crippen molar-refractivity contribution in [1.29, 1.82) is 0 Å². The molecule has 0 bridgehead atoms. The fourth-order valence-electron chi connectivity index (χ4n) is 5.70. The Bertz CT molecular complexity index is 2210. The molecule has 0 atom stereocenters. The summed E-state index contributed by atoms with van der Waals surface area (Å²) in [4.78, 5) is 16.5. The number of oxazole rings is 1. The summed E-state index contributed by atoms with van der Waals surface area (Å²) in [5.74, 6) is 2.31. The van der Waals surface area contributed by atoms with Gasteiger partial charge in [-0.2, -0.15) is 0 Å². The van der Waals surface area contributed by atoms with Gasteiger partial charge in [-0.3, -0.25) is 0 Å². The number of carboxylic acids is 1. The molecule has 7 rings (SSSR count). The number of aromatic nitrogens is 2. The van der Waals surface area contributed by atoms with Crippen LogP contribution in [0.25, 0.3) is 33.3 Å². The fraction of sp³-hybridized carbons (Fsp3) is 0.105. The third-order valence-electron chi connectivity index (χ3n) is 7.94. The van der Waals surface area contributed by atoms with Gasteiger partial charge in [-0.15, -0.1) is 0 Å². The molecule has 0 fully saturated rings. The monoisotopic (exact) mass is 634 g/mol. The molecule has 0 radical (unpaired) electrons. The number of carbonyl (C=O) groups is 1. The molecule has 0 aliphatic rings. The molecule has 0 aliphatic heterocycles. The first kappa shape index (κ1) is 31.9. The third-order valence-corrected chi connectivity index (χ3v) is 7.94. The molecule has 5 aromatic carbocycles. The summed E-state index contributed by atoms with van der Waals surface area (Å²) in [6.07, 6.45) is 0. The van der Waals surface area contributed by atoms with Gasteiger partial charge in [0.15, 0.2) is 11.5 Å². The quantitative estimate of drug-likeness (QED) is 0.185. The van der Waals surface area contributed by atoms with Gasteiger partial charge in [0.1, 0.15) is 35.1 Å². The third kappa shape index (κ3) is 6.36. The van der Waals surface area contributed by atoms with Crippen LogP contribution in [-0.2, 0) is 13.2 Å². The van der Waals surface area contributed by atoms with E-state index in [2.05, 4.69) is 21.7 Å². The van der Waals surface area contributed by atoms with E-state index in [0.29, 0.717) is 35.4 Å². The summed E-state index contributed by atoms with van der Waals surface area (Å²) < 4.78 is 26.3. The number of methoxy groups -OCH3 is 1. The Kier molecular flexibility index (Phi) is 9.36. The first-order chi connectivity index (χ1) is 22.5. The predicted molar refractivity (Wildman–Crippen MR) is 177 cm³/mol. The minimum absolute atomic E-state index is 0. The van der Waals surface area contributed by atoms with Crippen LogP contribution in [0.4, 0.5) is 0 Å². The summed E-state index contributed by atoms with van der Waals surface area (Å²) in [6.45, 7) is 2.67. The Balaban J connectivity index is 0.00000225. The number of hydrogen-bond donors (Lipinski definition) is 1. The number of ether oxygens (including phenoxy) is 3. The van der Waals surface area contributed by atoms with Crippen molar-refractivity contribution in [2.75, 3.05) is 7.11 Å². The molecule has 9 heteroatoms. The molecule has 47 heavy (non-hydrogen) atoms. The van der Waals surface area contributed by atoms with E-state index in [1.807, 2.05) is 85.8 Å². The van der Waals surface area contributed by atoms with Crippen molar-refractivity contribution in [3.63, 3.8) is 0 Å². The number of fused-ring (bicyclic) bond motifs is 3. The Labute approximate surface area is 294 Å². The van der Waals surface area contributed by atoms with E-state index < -0.39 is 5.97 Å². The van der Waals surface area contributed by atoms with E-state index in [-0.39, 0.29) is 48.9 Å². The van der Waals surface area contributed by atoms with Gasteiger partial charge in [-0.05, 0) is 67.1 Å². The van der Waals surface area contributed by atoms with Crippen molar-refractivity contribution in [2.24, 2.45) is 0 Å². The normalized spacial score (nSPS) is 10.9. The molecule has 230 valence electrons. The van der Waals surface area contributed by atoms with Gasteiger partial charge in [0.2, 0.25) is 5.89 Å². The Morgan fingerprint density at radius 3 is 2.36 bits per heavy atom. The van der Waals surface area contributed by atoms with Crippen LogP contribution in [0.1, 0.15) is 28.8 Å². The zero-order valence-corrected chi connectivity index (χ0v) is 28.3. The van der Waals surface area contributed by atoms with Crippen molar-refractivity contribution in [3.8, 4) is 34.5 Å². The van der Waals surface area contributed by atoms with Gasteiger partial charge in [0, 0.05) is 23.0 Å². The molecule has 0 spiro atoms. The standard InChI is InChI=1S/C38H30N2O6.Na.H/c1-24-29(39-37(45-24)26-11-4-3-5-12-26)23-44-33-20-19-25(21-35(33)43-2)22-40-30-15-8-6-13-27(30)36-31(40)16-10-18-34(36)46-32-17-9-7-14-28(32)38(41)42;;/h3-21H,22-23H2,1-2H3,(H,41,42);;/q;+1;-1. The minimum Gasteiger partial charge on any atom is -1.00 e. The Hall–Kier alpha value is -5.02. The summed E-state index contributed by atoms with van der Waals surface area (Å²) in [7, 11) is 1.62. The van der Waals surface area contributed by atoms with E-state index >= 15 is 0 Å².